The molecule has 7 heavy (non-hydrogen) atoms. The first-order valence-corrected chi connectivity index (χ1v) is 2.12. The second kappa shape index (κ2) is 6.62. The molecule has 0 saturated carbocycles. The van der Waals surface area contributed by atoms with Gasteiger partial charge in [0.2, 0.25) is 0 Å². The third-order valence-corrected chi connectivity index (χ3v) is 0.615. The second-order valence-corrected chi connectivity index (χ2v) is 1.05. The van der Waals surface area contributed by atoms with E-state index in [1.54, 1.807) is 0 Å². The molecule has 0 heterocycles. The molecule has 0 aliphatic carbocycles. The van der Waals surface area contributed by atoms with Crippen molar-refractivity contribution in [3.05, 3.63) is 0 Å². The van der Waals surface area contributed by atoms with Crippen LogP contribution in [-0.2, 0) is 9.53 Å². The zero-order valence-electron chi connectivity index (χ0n) is 4.18. The number of hydrogen-bond acceptors (Lipinski definition) is 3. The van der Waals surface area contributed by atoms with Gasteiger partial charge < -0.3 is 4.74 Å². The van der Waals surface area contributed by atoms with Crippen molar-refractivity contribution in [3.8, 4) is 0 Å². The Morgan fingerprint density at radius 3 is 2.29 bits per heavy atom. The Bertz CT molecular complexity index is 50.9. The van der Waals surface area contributed by atoms with Gasteiger partial charge in [-0.2, -0.15) is 12.6 Å². The molecule has 0 atom stereocenters. The first kappa shape index (κ1) is 10.6. The minimum absolute atomic E-state index is 0. The van der Waals surface area contributed by atoms with Crippen LogP contribution in [0.2, 0.25) is 0 Å². The van der Waals surface area contributed by atoms with Gasteiger partial charge in [0.1, 0.15) is 0 Å². The summed E-state index contributed by atoms with van der Waals surface area (Å²) >= 11 is 3.62. The van der Waals surface area contributed by atoms with Crippen LogP contribution in [0.5, 0.6) is 0 Å². The first-order chi connectivity index (χ1) is 2.81. The molecule has 0 amide bonds. The van der Waals surface area contributed by atoms with E-state index in [0.29, 0.717) is 0 Å². The van der Waals surface area contributed by atoms with Crippen molar-refractivity contribution in [1.82, 2.24) is 0 Å². The molecule has 0 bridgehead atoms. The Balaban J connectivity index is 0. The molecule has 0 unspecified atom stereocenters. The van der Waals surface area contributed by atoms with Crippen LogP contribution in [0.3, 0.4) is 0 Å². The zero-order valence-corrected chi connectivity index (χ0v) is 9.11. The van der Waals surface area contributed by atoms with Crippen LogP contribution in [0, 0.1) is 0 Å². The number of carbonyl (C=O) groups is 1. The summed E-state index contributed by atoms with van der Waals surface area (Å²) < 4.78 is 4.18. The summed E-state index contributed by atoms with van der Waals surface area (Å²) in [5, 5.41) is 0. The van der Waals surface area contributed by atoms with Gasteiger partial charge in [-0.05, 0) is 0 Å². The van der Waals surface area contributed by atoms with Crippen LogP contribution in [-0.4, -0.2) is 42.7 Å². The van der Waals surface area contributed by atoms with Crippen molar-refractivity contribution < 1.29 is 9.53 Å². The average Bonchev–Trinajstić information content (AvgIpc) is 1.65. The van der Waals surface area contributed by atoms with Crippen molar-refractivity contribution in [2.24, 2.45) is 0 Å². The maximum atomic E-state index is 9.88. The molecule has 0 fully saturated rings. The summed E-state index contributed by atoms with van der Waals surface area (Å²) in [4.78, 5) is 9.88. The Morgan fingerprint density at radius 2 is 2.29 bits per heavy atom. The van der Waals surface area contributed by atoms with Crippen LogP contribution < -0.4 is 0 Å². The third-order valence-electron chi connectivity index (χ3n) is 0.357. The molecule has 42 valence electrons. The van der Waals surface area contributed by atoms with Crippen molar-refractivity contribution in [1.29, 1.82) is 0 Å². The molecule has 0 saturated heterocycles. The molecule has 0 aromatic carbocycles. The molecule has 0 aliphatic heterocycles. The van der Waals surface area contributed by atoms with E-state index in [9.17, 15) is 4.79 Å². The van der Waals surface area contributed by atoms with E-state index in [0.717, 1.165) is 0 Å². The van der Waals surface area contributed by atoms with Crippen molar-refractivity contribution in [2.45, 2.75) is 0 Å². The Labute approximate surface area is 65.0 Å². The van der Waals surface area contributed by atoms with E-state index in [4.69, 9.17) is 0 Å². The van der Waals surface area contributed by atoms with E-state index in [-0.39, 0.29) is 35.6 Å². The number of thiol groups is 1. The van der Waals surface area contributed by atoms with Gasteiger partial charge >= 0.3 is 29.9 Å². The van der Waals surface area contributed by atoms with E-state index in [1.807, 2.05) is 0 Å². The number of carbonyl (C=O) groups excluding carboxylic acids is 1. The Kier molecular flexibility index (Phi) is 10.00. The Morgan fingerprint density at radius 1 is 1.86 bits per heavy atom. The fourth-order valence-electron chi connectivity index (χ4n) is 0.0645. The summed E-state index contributed by atoms with van der Waals surface area (Å²) in [6.45, 7) is 0. The van der Waals surface area contributed by atoms with E-state index in [2.05, 4.69) is 17.4 Å². The number of esters is 1. The van der Waals surface area contributed by atoms with E-state index in [1.165, 1.54) is 7.11 Å². The number of rotatable bonds is 1. The Hall–Kier alpha value is 0.619. The van der Waals surface area contributed by atoms with Crippen LogP contribution in [0.15, 0.2) is 0 Å². The predicted molar refractivity (Wildman–Crippen MR) is 34.4 cm³/mol. The topological polar surface area (TPSA) is 26.3 Å². The molecule has 0 spiro atoms. The normalized spacial score (nSPS) is 6.57. The van der Waals surface area contributed by atoms with Gasteiger partial charge in [0, 0.05) is 0 Å². The van der Waals surface area contributed by atoms with Gasteiger partial charge in [0.05, 0.1) is 12.9 Å². The molecule has 2 nitrogen and oxygen atoms in total. The SMILES string of the molecule is COC(=O)CS.[SnH2]. The average molecular weight is 227 g/mol. The molecule has 0 N–H and O–H groups in total. The van der Waals surface area contributed by atoms with Crippen molar-refractivity contribution >= 4 is 42.5 Å². The monoisotopic (exact) mass is 228 g/mol. The number of hydrogen-bond donors (Lipinski definition) is 1. The molecule has 0 aromatic heterocycles. The zero-order chi connectivity index (χ0) is 4.99. The van der Waals surface area contributed by atoms with Gasteiger partial charge in [-0.15, -0.1) is 0 Å². The fraction of sp³-hybridized carbons (Fsp3) is 0.667. The van der Waals surface area contributed by atoms with Crippen LogP contribution in [0.1, 0.15) is 0 Å². The number of ether oxygens (including phenoxy) is 1. The molecule has 4 heteroatoms. The van der Waals surface area contributed by atoms with Crippen molar-refractivity contribution in [3.63, 3.8) is 0 Å². The second-order valence-electron chi connectivity index (χ2n) is 0.734. The summed E-state index contributed by atoms with van der Waals surface area (Å²) in [6, 6.07) is 0. The van der Waals surface area contributed by atoms with Crippen LogP contribution in [0.25, 0.3) is 0 Å². The van der Waals surface area contributed by atoms with Gasteiger partial charge in [-0.1, -0.05) is 0 Å². The summed E-state index contributed by atoms with van der Waals surface area (Å²) in [6.07, 6.45) is 0. The first-order valence-electron chi connectivity index (χ1n) is 1.49. The maximum absolute atomic E-state index is 9.88. The summed E-state index contributed by atoms with van der Waals surface area (Å²) in [5.74, 6) is -0.130. The van der Waals surface area contributed by atoms with Crippen molar-refractivity contribution in [2.75, 3.05) is 12.9 Å². The molecule has 0 aromatic rings. The molecular weight excluding hydrogens is 219 g/mol. The summed E-state index contributed by atoms with van der Waals surface area (Å²) in [5.41, 5.74) is 0. The quantitative estimate of drug-likeness (QED) is 0.359. The number of methoxy groups -OCH3 is 1. The van der Waals surface area contributed by atoms with Crippen LogP contribution >= 0.6 is 12.6 Å². The minimum atomic E-state index is -0.293. The predicted octanol–water partition coefficient (Wildman–Crippen LogP) is -0.827. The third kappa shape index (κ3) is 6.62. The van der Waals surface area contributed by atoms with E-state index < -0.39 is 0 Å². The molecular formula is C3H8O2SSn. The van der Waals surface area contributed by atoms with Gasteiger partial charge in [-0.3, -0.25) is 4.79 Å². The standard InChI is InChI=1S/C3H6O2S.Sn.2H/c1-5-3(4)2-6;;;/h6H,2H2,1H3;;;. The van der Waals surface area contributed by atoms with Crippen LogP contribution in [0.4, 0.5) is 0 Å². The van der Waals surface area contributed by atoms with E-state index >= 15 is 0 Å². The molecule has 0 rings (SSSR count). The van der Waals surface area contributed by atoms with Gasteiger partial charge in [-0.25, -0.2) is 0 Å². The molecule has 0 aliphatic rings. The molecule has 2 radical (unpaired) electrons. The fourth-order valence-corrected chi connectivity index (χ4v) is 0.194. The van der Waals surface area contributed by atoms with Gasteiger partial charge in [0.25, 0.3) is 0 Å². The summed E-state index contributed by atoms with van der Waals surface area (Å²) in [7, 11) is 1.33. The van der Waals surface area contributed by atoms with Gasteiger partial charge in [0.15, 0.2) is 0 Å².